The standard InChI is InChI=1S/C18H17N3O3S/c1-25-18-20-16(14-9-5-6-10-21(14)18)17(23)24-12-15(22)19-11-13-7-3-2-4-8-13/h2-10H,11-12H2,1H3,(H,19,22). The number of imidazole rings is 1. The fourth-order valence-electron chi connectivity index (χ4n) is 2.35. The molecule has 1 aromatic carbocycles. The second kappa shape index (κ2) is 7.85. The van der Waals surface area contributed by atoms with Gasteiger partial charge in [-0.25, -0.2) is 9.78 Å². The molecule has 0 aliphatic carbocycles. The molecule has 7 heteroatoms. The lowest BCUT2D eigenvalue weighted by atomic mass is 10.2. The maximum absolute atomic E-state index is 12.3. The molecule has 1 N–H and O–H groups in total. The van der Waals surface area contributed by atoms with Crippen molar-refractivity contribution >= 4 is 29.2 Å². The van der Waals surface area contributed by atoms with Gasteiger partial charge in [0.25, 0.3) is 5.91 Å². The van der Waals surface area contributed by atoms with Gasteiger partial charge in [0.1, 0.15) is 0 Å². The molecule has 0 aliphatic rings. The quantitative estimate of drug-likeness (QED) is 0.543. The van der Waals surface area contributed by atoms with Crippen LogP contribution in [0, 0.1) is 0 Å². The zero-order valence-corrected chi connectivity index (χ0v) is 14.5. The van der Waals surface area contributed by atoms with Crippen LogP contribution in [0.25, 0.3) is 5.52 Å². The van der Waals surface area contributed by atoms with Gasteiger partial charge in [-0.3, -0.25) is 9.20 Å². The highest BCUT2D eigenvalue weighted by Gasteiger charge is 2.19. The minimum absolute atomic E-state index is 0.209. The lowest BCUT2D eigenvalue weighted by Crippen LogP contribution is -2.28. The maximum Gasteiger partial charge on any atom is 0.359 e. The number of carbonyl (C=O) groups is 2. The van der Waals surface area contributed by atoms with Crippen LogP contribution < -0.4 is 5.32 Å². The molecule has 1 amide bonds. The summed E-state index contributed by atoms with van der Waals surface area (Å²) in [6.07, 6.45) is 3.71. The van der Waals surface area contributed by atoms with Gasteiger partial charge in [-0.2, -0.15) is 0 Å². The Morgan fingerprint density at radius 1 is 1.16 bits per heavy atom. The van der Waals surface area contributed by atoms with Gasteiger partial charge in [0.15, 0.2) is 17.5 Å². The minimum Gasteiger partial charge on any atom is -0.451 e. The summed E-state index contributed by atoms with van der Waals surface area (Å²) in [5, 5.41) is 3.40. The van der Waals surface area contributed by atoms with Gasteiger partial charge < -0.3 is 10.1 Å². The average molecular weight is 355 g/mol. The minimum atomic E-state index is -0.612. The normalized spacial score (nSPS) is 10.6. The highest BCUT2D eigenvalue weighted by atomic mass is 32.2. The molecule has 2 heterocycles. The summed E-state index contributed by atoms with van der Waals surface area (Å²) >= 11 is 1.43. The first-order valence-corrected chi connectivity index (χ1v) is 8.90. The number of pyridine rings is 1. The van der Waals surface area contributed by atoms with E-state index in [2.05, 4.69) is 10.3 Å². The zero-order chi connectivity index (χ0) is 17.6. The molecule has 3 aromatic rings. The number of fused-ring (bicyclic) bond motifs is 1. The van der Waals surface area contributed by atoms with Crippen molar-refractivity contribution < 1.29 is 14.3 Å². The first kappa shape index (κ1) is 17.0. The molecule has 128 valence electrons. The Labute approximate surface area is 149 Å². The van der Waals surface area contributed by atoms with Crippen molar-refractivity contribution in [2.24, 2.45) is 0 Å². The average Bonchev–Trinajstić information content (AvgIpc) is 3.04. The predicted molar refractivity (Wildman–Crippen MR) is 95.5 cm³/mol. The third-order valence-corrected chi connectivity index (χ3v) is 4.21. The Bertz CT molecular complexity index is 893. The van der Waals surface area contributed by atoms with E-state index in [1.54, 1.807) is 6.07 Å². The predicted octanol–water partition coefficient (Wildman–Crippen LogP) is 2.53. The summed E-state index contributed by atoms with van der Waals surface area (Å²) in [4.78, 5) is 28.4. The van der Waals surface area contributed by atoms with E-state index in [4.69, 9.17) is 4.74 Å². The van der Waals surface area contributed by atoms with Crippen molar-refractivity contribution in [1.82, 2.24) is 14.7 Å². The first-order chi connectivity index (χ1) is 12.2. The largest absolute Gasteiger partial charge is 0.451 e. The van der Waals surface area contributed by atoms with E-state index in [1.165, 1.54) is 11.8 Å². The number of esters is 1. The van der Waals surface area contributed by atoms with Crippen LogP contribution in [0.3, 0.4) is 0 Å². The zero-order valence-electron chi connectivity index (χ0n) is 13.6. The number of aromatic nitrogens is 2. The molecule has 0 fully saturated rings. The molecule has 6 nitrogen and oxygen atoms in total. The van der Waals surface area contributed by atoms with Gasteiger partial charge in [0.2, 0.25) is 0 Å². The second-order valence-electron chi connectivity index (χ2n) is 5.24. The van der Waals surface area contributed by atoms with E-state index >= 15 is 0 Å². The van der Waals surface area contributed by atoms with Crippen LogP contribution >= 0.6 is 11.8 Å². The Balaban J connectivity index is 1.60. The van der Waals surface area contributed by atoms with E-state index < -0.39 is 5.97 Å². The Morgan fingerprint density at radius 2 is 1.92 bits per heavy atom. The fraction of sp³-hybridized carbons (Fsp3) is 0.167. The molecule has 2 aromatic heterocycles. The van der Waals surface area contributed by atoms with Crippen molar-refractivity contribution in [2.75, 3.05) is 12.9 Å². The SMILES string of the molecule is CSc1nc(C(=O)OCC(=O)NCc2ccccc2)c2ccccn12. The molecule has 25 heavy (non-hydrogen) atoms. The van der Waals surface area contributed by atoms with Gasteiger partial charge >= 0.3 is 5.97 Å². The number of nitrogens with one attached hydrogen (secondary N) is 1. The molecule has 0 radical (unpaired) electrons. The number of nitrogens with zero attached hydrogens (tertiary/aromatic N) is 2. The Hall–Kier alpha value is -2.80. The molecule has 3 rings (SSSR count). The van der Waals surface area contributed by atoms with Gasteiger partial charge in [0, 0.05) is 12.7 Å². The molecule has 0 saturated carbocycles. The lowest BCUT2D eigenvalue weighted by Gasteiger charge is -2.06. The molecule has 0 aliphatic heterocycles. The fourth-order valence-corrected chi connectivity index (χ4v) is 2.89. The third-order valence-electron chi connectivity index (χ3n) is 3.56. The molecule has 0 unspecified atom stereocenters. The van der Waals surface area contributed by atoms with Crippen LogP contribution in [0.4, 0.5) is 0 Å². The third kappa shape index (κ3) is 4.00. The van der Waals surface area contributed by atoms with Crippen LogP contribution in [-0.2, 0) is 16.1 Å². The van der Waals surface area contributed by atoms with Crippen LogP contribution in [0.5, 0.6) is 0 Å². The van der Waals surface area contributed by atoms with Crippen molar-refractivity contribution in [1.29, 1.82) is 0 Å². The summed E-state index contributed by atoms with van der Waals surface area (Å²) in [7, 11) is 0. The molecular formula is C18H17N3O3S. The number of ether oxygens (including phenoxy) is 1. The highest BCUT2D eigenvalue weighted by Crippen LogP contribution is 2.20. The van der Waals surface area contributed by atoms with Crippen molar-refractivity contribution in [3.63, 3.8) is 0 Å². The molecular weight excluding hydrogens is 338 g/mol. The number of hydrogen-bond donors (Lipinski definition) is 1. The van der Waals surface area contributed by atoms with Crippen molar-refractivity contribution in [3.8, 4) is 0 Å². The molecule has 0 spiro atoms. The van der Waals surface area contributed by atoms with Crippen molar-refractivity contribution in [3.05, 3.63) is 66.0 Å². The first-order valence-electron chi connectivity index (χ1n) is 7.68. The Kier molecular flexibility index (Phi) is 5.35. The van der Waals surface area contributed by atoms with E-state index in [9.17, 15) is 9.59 Å². The van der Waals surface area contributed by atoms with Gasteiger partial charge in [-0.15, -0.1) is 0 Å². The molecule has 0 atom stereocenters. The van der Waals surface area contributed by atoms with Gasteiger partial charge in [0.05, 0.1) is 5.52 Å². The summed E-state index contributed by atoms with van der Waals surface area (Å²) in [6.45, 7) is 0.0490. The Morgan fingerprint density at radius 3 is 2.68 bits per heavy atom. The number of benzene rings is 1. The van der Waals surface area contributed by atoms with E-state index in [0.717, 1.165) is 5.56 Å². The van der Waals surface area contributed by atoms with Crippen LogP contribution in [0.2, 0.25) is 0 Å². The molecule has 0 saturated heterocycles. The van der Waals surface area contributed by atoms with Crippen LogP contribution in [0.15, 0.2) is 59.9 Å². The summed E-state index contributed by atoms with van der Waals surface area (Å²) < 4.78 is 6.92. The van der Waals surface area contributed by atoms with E-state index in [1.807, 2.05) is 59.3 Å². The van der Waals surface area contributed by atoms with Crippen molar-refractivity contribution in [2.45, 2.75) is 11.7 Å². The number of carbonyl (C=O) groups excluding carboxylic acids is 2. The topological polar surface area (TPSA) is 72.7 Å². The number of rotatable bonds is 6. The molecule has 0 bridgehead atoms. The van der Waals surface area contributed by atoms with Crippen LogP contribution in [-0.4, -0.2) is 34.1 Å². The van der Waals surface area contributed by atoms with E-state index in [0.29, 0.717) is 17.2 Å². The highest BCUT2D eigenvalue weighted by molar-refractivity contribution is 7.98. The van der Waals surface area contributed by atoms with E-state index in [-0.39, 0.29) is 18.2 Å². The van der Waals surface area contributed by atoms with Crippen LogP contribution in [0.1, 0.15) is 16.1 Å². The smallest absolute Gasteiger partial charge is 0.359 e. The lowest BCUT2D eigenvalue weighted by molar-refractivity contribution is -0.124. The number of amides is 1. The van der Waals surface area contributed by atoms with Gasteiger partial charge in [-0.1, -0.05) is 48.2 Å². The second-order valence-corrected chi connectivity index (χ2v) is 6.01. The number of hydrogen-bond acceptors (Lipinski definition) is 5. The number of thioether (sulfide) groups is 1. The monoisotopic (exact) mass is 355 g/mol. The van der Waals surface area contributed by atoms with Gasteiger partial charge in [-0.05, 0) is 24.0 Å². The summed E-state index contributed by atoms with van der Waals surface area (Å²) in [5.74, 6) is -0.968. The summed E-state index contributed by atoms with van der Waals surface area (Å²) in [6, 6.07) is 15.0. The summed E-state index contributed by atoms with van der Waals surface area (Å²) in [5.41, 5.74) is 1.84. The maximum atomic E-state index is 12.3.